The summed E-state index contributed by atoms with van der Waals surface area (Å²) in [4.78, 5) is 0.156. The standard InChI is InChI=1S/C13H9BrClFN2S/c14-7-4-5-9(16)11(6-7)18-10-3-1-2-8(15)12(10)13(17)19/h1-6,18H,(H2,17,19). The van der Waals surface area contributed by atoms with Gasteiger partial charge in [-0.05, 0) is 30.3 Å². The van der Waals surface area contributed by atoms with Crippen molar-refractivity contribution in [2.24, 2.45) is 5.73 Å². The summed E-state index contributed by atoms with van der Waals surface area (Å²) in [7, 11) is 0. The smallest absolute Gasteiger partial charge is 0.146 e. The molecule has 2 aromatic carbocycles. The Kier molecular flexibility index (Phi) is 4.39. The molecule has 0 bridgehead atoms. The molecule has 98 valence electrons. The Morgan fingerprint density at radius 2 is 2.00 bits per heavy atom. The number of thiocarbonyl (C=S) groups is 1. The summed E-state index contributed by atoms with van der Waals surface area (Å²) < 4.78 is 14.5. The third-order valence-corrected chi connectivity index (χ3v) is 3.47. The Balaban J connectivity index is 2.46. The van der Waals surface area contributed by atoms with Crippen LogP contribution in [0.5, 0.6) is 0 Å². The fourth-order valence-electron chi connectivity index (χ4n) is 1.62. The van der Waals surface area contributed by atoms with Crippen molar-refractivity contribution in [3.8, 4) is 0 Å². The molecule has 0 saturated heterocycles. The summed E-state index contributed by atoms with van der Waals surface area (Å²) in [5.74, 6) is -0.378. The van der Waals surface area contributed by atoms with Gasteiger partial charge in [0, 0.05) is 4.47 Å². The van der Waals surface area contributed by atoms with E-state index in [1.165, 1.54) is 6.07 Å². The third-order valence-electron chi connectivity index (χ3n) is 2.46. The average Bonchev–Trinajstić information content (AvgIpc) is 2.33. The summed E-state index contributed by atoms with van der Waals surface area (Å²) in [6, 6.07) is 9.76. The average molecular weight is 360 g/mol. The molecule has 2 aromatic rings. The van der Waals surface area contributed by atoms with Gasteiger partial charge < -0.3 is 11.1 Å². The fraction of sp³-hybridized carbons (Fsp3) is 0. The van der Waals surface area contributed by atoms with Gasteiger partial charge in [-0.15, -0.1) is 0 Å². The number of rotatable bonds is 3. The van der Waals surface area contributed by atoms with E-state index in [-0.39, 0.29) is 10.8 Å². The second-order valence-electron chi connectivity index (χ2n) is 3.78. The molecule has 0 spiro atoms. The van der Waals surface area contributed by atoms with E-state index in [1.807, 2.05) is 0 Å². The minimum Gasteiger partial charge on any atom is -0.389 e. The Hall–Kier alpha value is -1.17. The van der Waals surface area contributed by atoms with Crippen molar-refractivity contribution in [2.75, 3.05) is 5.32 Å². The van der Waals surface area contributed by atoms with Gasteiger partial charge in [-0.2, -0.15) is 0 Å². The maximum atomic E-state index is 13.7. The Morgan fingerprint density at radius 3 is 2.68 bits per heavy atom. The van der Waals surface area contributed by atoms with E-state index in [2.05, 4.69) is 21.2 Å². The van der Waals surface area contributed by atoms with E-state index in [9.17, 15) is 4.39 Å². The van der Waals surface area contributed by atoms with Gasteiger partial charge in [0.15, 0.2) is 0 Å². The van der Waals surface area contributed by atoms with Gasteiger partial charge in [-0.25, -0.2) is 4.39 Å². The van der Waals surface area contributed by atoms with E-state index < -0.39 is 0 Å². The maximum Gasteiger partial charge on any atom is 0.146 e. The van der Waals surface area contributed by atoms with Crippen molar-refractivity contribution in [1.29, 1.82) is 0 Å². The summed E-state index contributed by atoms with van der Waals surface area (Å²) in [6.45, 7) is 0. The molecule has 0 heterocycles. The molecule has 3 N–H and O–H groups in total. The molecule has 0 fully saturated rings. The molecule has 2 nitrogen and oxygen atoms in total. The second kappa shape index (κ2) is 5.86. The van der Waals surface area contributed by atoms with Gasteiger partial charge in [0.1, 0.15) is 10.8 Å². The molecule has 0 radical (unpaired) electrons. The van der Waals surface area contributed by atoms with Crippen molar-refractivity contribution < 1.29 is 4.39 Å². The Labute approximate surface area is 128 Å². The summed E-state index contributed by atoms with van der Waals surface area (Å²) in [5.41, 5.74) is 7.02. The van der Waals surface area contributed by atoms with Crippen LogP contribution in [0.2, 0.25) is 5.02 Å². The normalized spacial score (nSPS) is 10.3. The van der Waals surface area contributed by atoms with E-state index in [4.69, 9.17) is 29.6 Å². The van der Waals surface area contributed by atoms with Crippen LogP contribution in [0.4, 0.5) is 15.8 Å². The van der Waals surface area contributed by atoms with Crippen molar-refractivity contribution in [3.05, 3.63) is 57.3 Å². The number of benzene rings is 2. The number of anilines is 2. The van der Waals surface area contributed by atoms with Crippen LogP contribution in [0, 0.1) is 5.82 Å². The second-order valence-corrected chi connectivity index (χ2v) is 5.54. The van der Waals surface area contributed by atoms with Gasteiger partial charge >= 0.3 is 0 Å². The first kappa shape index (κ1) is 14.2. The minimum absolute atomic E-state index is 0.156. The van der Waals surface area contributed by atoms with Crippen LogP contribution in [0.1, 0.15) is 5.56 Å². The molecular weight excluding hydrogens is 351 g/mol. The van der Waals surface area contributed by atoms with Crippen LogP contribution in [-0.4, -0.2) is 4.99 Å². The number of nitrogens with two attached hydrogens (primary N) is 1. The predicted octanol–water partition coefficient (Wildman–Crippen LogP) is 4.62. The zero-order valence-corrected chi connectivity index (χ0v) is 12.7. The Morgan fingerprint density at radius 1 is 1.26 bits per heavy atom. The maximum absolute atomic E-state index is 13.7. The third kappa shape index (κ3) is 3.23. The molecule has 0 atom stereocenters. The van der Waals surface area contributed by atoms with Crippen LogP contribution >= 0.6 is 39.7 Å². The molecule has 0 amide bonds. The van der Waals surface area contributed by atoms with E-state index in [0.29, 0.717) is 22.0 Å². The van der Waals surface area contributed by atoms with Crippen LogP contribution in [0.3, 0.4) is 0 Å². The highest BCUT2D eigenvalue weighted by Crippen LogP contribution is 2.29. The molecule has 6 heteroatoms. The predicted molar refractivity (Wildman–Crippen MR) is 84.7 cm³/mol. The monoisotopic (exact) mass is 358 g/mol. The molecule has 2 rings (SSSR count). The first-order valence-corrected chi connectivity index (χ1v) is 6.87. The molecule has 0 aliphatic rings. The molecule has 0 aliphatic carbocycles. The zero-order valence-electron chi connectivity index (χ0n) is 9.58. The van der Waals surface area contributed by atoms with Crippen molar-refractivity contribution in [1.82, 2.24) is 0 Å². The number of hydrogen-bond acceptors (Lipinski definition) is 2. The molecule has 0 unspecified atom stereocenters. The van der Waals surface area contributed by atoms with E-state index in [0.717, 1.165) is 4.47 Å². The molecule has 0 saturated carbocycles. The fourth-order valence-corrected chi connectivity index (χ4v) is 2.53. The van der Waals surface area contributed by atoms with E-state index >= 15 is 0 Å². The SMILES string of the molecule is NC(=S)c1c(Cl)cccc1Nc1cc(Br)ccc1F. The van der Waals surface area contributed by atoms with Gasteiger partial charge in [-0.1, -0.05) is 45.8 Å². The van der Waals surface area contributed by atoms with E-state index in [1.54, 1.807) is 30.3 Å². The largest absolute Gasteiger partial charge is 0.389 e. The minimum atomic E-state index is -0.378. The highest BCUT2D eigenvalue weighted by atomic mass is 79.9. The van der Waals surface area contributed by atoms with Crippen LogP contribution in [-0.2, 0) is 0 Å². The Bertz CT molecular complexity index is 649. The lowest BCUT2D eigenvalue weighted by Crippen LogP contribution is -2.13. The quantitative estimate of drug-likeness (QED) is 0.785. The van der Waals surface area contributed by atoms with Gasteiger partial charge in [0.25, 0.3) is 0 Å². The lowest BCUT2D eigenvalue weighted by molar-refractivity contribution is 0.631. The molecule has 19 heavy (non-hydrogen) atoms. The lowest BCUT2D eigenvalue weighted by atomic mass is 10.1. The summed E-state index contributed by atoms with van der Waals surface area (Å²) in [6.07, 6.45) is 0. The van der Waals surface area contributed by atoms with Crippen molar-refractivity contribution in [3.63, 3.8) is 0 Å². The summed E-state index contributed by atoms with van der Waals surface area (Å²) >= 11 is 14.3. The number of hydrogen-bond donors (Lipinski definition) is 2. The van der Waals surface area contributed by atoms with Crippen molar-refractivity contribution >= 4 is 56.1 Å². The van der Waals surface area contributed by atoms with Gasteiger partial charge in [0.05, 0.1) is 22.0 Å². The van der Waals surface area contributed by atoms with Crippen molar-refractivity contribution in [2.45, 2.75) is 0 Å². The molecular formula is C13H9BrClFN2S. The first-order chi connectivity index (χ1) is 8.99. The topological polar surface area (TPSA) is 38.0 Å². The summed E-state index contributed by atoms with van der Waals surface area (Å²) in [5, 5.41) is 3.37. The first-order valence-electron chi connectivity index (χ1n) is 5.29. The van der Waals surface area contributed by atoms with Crippen LogP contribution < -0.4 is 11.1 Å². The van der Waals surface area contributed by atoms with Crippen LogP contribution in [0.25, 0.3) is 0 Å². The molecule has 0 aromatic heterocycles. The lowest BCUT2D eigenvalue weighted by Gasteiger charge is -2.13. The van der Waals surface area contributed by atoms with Crippen LogP contribution in [0.15, 0.2) is 40.9 Å². The van der Waals surface area contributed by atoms with Gasteiger partial charge in [-0.3, -0.25) is 0 Å². The molecule has 0 aliphatic heterocycles. The highest BCUT2D eigenvalue weighted by Gasteiger charge is 2.11. The number of halogens is 3. The zero-order chi connectivity index (χ0) is 14.0. The number of nitrogens with one attached hydrogen (secondary N) is 1. The van der Waals surface area contributed by atoms with Gasteiger partial charge in [0.2, 0.25) is 0 Å². The highest BCUT2D eigenvalue weighted by molar-refractivity contribution is 9.10.